The van der Waals surface area contributed by atoms with Crippen molar-refractivity contribution in [2.24, 2.45) is 0 Å². The molecule has 2 rings (SSSR count). The van der Waals surface area contributed by atoms with E-state index < -0.39 is 0 Å². The first kappa shape index (κ1) is 14.8. The summed E-state index contributed by atoms with van der Waals surface area (Å²) in [4.78, 5) is 4.53. The molecule has 4 nitrogen and oxygen atoms in total. The predicted molar refractivity (Wildman–Crippen MR) is 81.1 cm³/mol. The van der Waals surface area contributed by atoms with E-state index in [9.17, 15) is 0 Å². The van der Waals surface area contributed by atoms with Gasteiger partial charge in [-0.05, 0) is 24.6 Å². The van der Waals surface area contributed by atoms with Crippen molar-refractivity contribution in [3.63, 3.8) is 0 Å². The number of aromatic nitrogens is 1. The van der Waals surface area contributed by atoms with E-state index in [1.54, 1.807) is 7.11 Å². The molecule has 108 valence electrons. The van der Waals surface area contributed by atoms with E-state index in [0.29, 0.717) is 19.1 Å². The van der Waals surface area contributed by atoms with Gasteiger partial charge in [0, 0.05) is 25.1 Å². The minimum atomic E-state index is 0.518. The quantitative estimate of drug-likeness (QED) is 0.752. The summed E-state index contributed by atoms with van der Waals surface area (Å²) in [5, 5.41) is 4.61. The third-order valence-electron chi connectivity index (χ3n) is 3.06. The maximum Gasteiger partial charge on any atom is 0.214 e. The van der Waals surface area contributed by atoms with Crippen LogP contribution in [0.25, 0.3) is 10.9 Å². The molecular weight excluding hydrogens is 252 g/mol. The molecule has 20 heavy (non-hydrogen) atoms. The minimum absolute atomic E-state index is 0.518. The highest BCUT2D eigenvalue weighted by molar-refractivity contribution is 5.82. The number of methoxy groups -OCH3 is 1. The van der Waals surface area contributed by atoms with Crippen molar-refractivity contribution < 1.29 is 9.47 Å². The maximum atomic E-state index is 5.64. The van der Waals surface area contributed by atoms with E-state index in [2.05, 4.69) is 23.3 Å². The number of ether oxygens (including phenoxy) is 2. The summed E-state index contributed by atoms with van der Waals surface area (Å²) < 4.78 is 10.6. The zero-order valence-corrected chi connectivity index (χ0v) is 12.2. The van der Waals surface area contributed by atoms with Crippen LogP contribution in [-0.2, 0) is 11.3 Å². The summed E-state index contributed by atoms with van der Waals surface area (Å²) in [5.74, 6) is 0.661. The van der Waals surface area contributed by atoms with Gasteiger partial charge in [0.15, 0.2) is 0 Å². The van der Waals surface area contributed by atoms with Crippen LogP contribution in [0.15, 0.2) is 30.3 Å². The van der Waals surface area contributed by atoms with Gasteiger partial charge in [-0.1, -0.05) is 25.1 Å². The van der Waals surface area contributed by atoms with Crippen molar-refractivity contribution in [3.8, 4) is 5.88 Å². The first-order valence-corrected chi connectivity index (χ1v) is 7.06. The lowest BCUT2D eigenvalue weighted by atomic mass is 10.1. The highest BCUT2D eigenvalue weighted by Crippen LogP contribution is 2.22. The molecule has 0 unspecified atom stereocenters. The van der Waals surface area contributed by atoms with E-state index in [1.807, 2.05) is 24.3 Å². The third-order valence-corrected chi connectivity index (χ3v) is 3.06. The molecule has 0 aliphatic rings. The molecule has 4 heteroatoms. The largest absolute Gasteiger partial charge is 0.475 e. The van der Waals surface area contributed by atoms with Crippen molar-refractivity contribution >= 4 is 10.9 Å². The Kier molecular flexibility index (Phi) is 5.77. The summed E-state index contributed by atoms with van der Waals surface area (Å²) in [6.45, 7) is 5.09. The standard InChI is InChI=1S/C16H22N2O2/c1-3-8-17-12-13-11-16(20-10-9-19-2)18-15-7-5-4-6-14(13)15/h4-7,11,17H,3,8-10,12H2,1-2H3. The van der Waals surface area contributed by atoms with Crippen LogP contribution in [0.4, 0.5) is 0 Å². The summed E-state index contributed by atoms with van der Waals surface area (Å²) in [7, 11) is 1.66. The molecule has 0 fully saturated rings. The van der Waals surface area contributed by atoms with Crippen LogP contribution in [0.3, 0.4) is 0 Å². The second-order valence-electron chi connectivity index (χ2n) is 4.65. The first-order valence-electron chi connectivity index (χ1n) is 7.06. The van der Waals surface area contributed by atoms with Gasteiger partial charge in [0.25, 0.3) is 0 Å². The van der Waals surface area contributed by atoms with Crippen LogP contribution in [-0.4, -0.2) is 31.9 Å². The number of fused-ring (bicyclic) bond motifs is 1. The third kappa shape index (κ3) is 3.92. The highest BCUT2D eigenvalue weighted by Gasteiger charge is 2.06. The highest BCUT2D eigenvalue weighted by atomic mass is 16.5. The number of nitrogens with zero attached hydrogens (tertiary/aromatic N) is 1. The molecule has 0 atom stereocenters. The topological polar surface area (TPSA) is 43.4 Å². The van der Waals surface area contributed by atoms with Crippen LogP contribution >= 0.6 is 0 Å². The lowest BCUT2D eigenvalue weighted by Gasteiger charge is -2.11. The molecule has 1 aromatic heterocycles. The van der Waals surface area contributed by atoms with Gasteiger partial charge in [-0.15, -0.1) is 0 Å². The molecule has 0 aliphatic carbocycles. The molecule has 0 aliphatic heterocycles. The fraction of sp³-hybridized carbons (Fsp3) is 0.438. The average Bonchev–Trinajstić information content (AvgIpc) is 2.48. The van der Waals surface area contributed by atoms with E-state index >= 15 is 0 Å². The van der Waals surface area contributed by atoms with Crippen molar-refractivity contribution in [2.45, 2.75) is 19.9 Å². The predicted octanol–water partition coefficient (Wildman–Crippen LogP) is 2.76. The number of benzene rings is 1. The number of pyridine rings is 1. The van der Waals surface area contributed by atoms with Gasteiger partial charge in [0.2, 0.25) is 5.88 Å². The van der Waals surface area contributed by atoms with Crippen molar-refractivity contribution in [1.82, 2.24) is 10.3 Å². The van der Waals surface area contributed by atoms with E-state index in [4.69, 9.17) is 9.47 Å². The zero-order chi connectivity index (χ0) is 14.2. The minimum Gasteiger partial charge on any atom is -0.475 e. The number of nitrogens with one attached hydrogen (secondary N) is 1. The lowest BCUT2D eigenvalue weighted by molar-refractivity contribution is 0.144. The Hall–Kier alpha value is -1.65. The van der Waals surface area contributed by atoms with Gasteiger partial charge < -0.3 is 14.8 Å². The lowest BCUT2D eigenvalue weighted by Crippen LogP contribution is -2.14. The summed E-state index contributed by atoms with van der Waals surface area (Å²) in [5.41, 5.74) is 2.19. The van der Waals surface area contributed by atoms with E-state index in [1.165, 1.54) is 10.9 Å². The molecule has 0 bridgehead atoms. The van der Waals surface area contributed by atoms with Crippen LogP contribution in [0.1, 0.15) is 18.9 Å². The van der Waals surface area contributed by atoms with Gasteiger partial charge in [-0.25, -0.2) is 4.98 Å². The Labute approximate surface area is 120 Å². The molecule has 1 heterocycles. The van der Waals surface area contributed by atoms with E-state index in [0.717, 1.165) is 25.0 Å². The normalized spacial score (nSPS) is 10.9. The Morgan fingerprint density at radius 1 is 1.20 bits per heavy atom. The monoisotopic (exact) mass is 274 g/mol. The van der Waals surface area contributed by atoms with Crippen LogP contribution in [0, 0.1) is 0 Å². The van der Waals surface area contributed by atoms with Gasteiger partial charge in [-0.3, -0.25) is 0 Å². The molecule has 0 saturated carbocycles. The second kappa shape index (κ2) is 7.82. The van der Waals surface area contributed by atoms with Gasteiger partial charge in [0.1, 0.15) is 6.61 Å². The van der Waals surface area contributed by atoms with Gasteiger partial charge in [0.05, 0.1) is 12.1 Å². The Morgan fingerprint density at radius 3 is 2.85 bits per heavy atom. The molecule has 0 saturated heterocycles. The average molecular weight is 274 g/mol. The van der Waals surface area contributed by atoms with Crippen molar-refractivity contribution in [3.05, 3.63) is 35.9 Å². The SMILES string of the molecule is CCCNCc1cc(OCCOC)nc2ccccc12. The Bertz CT molecular complexity index is 543. The molecule has 1 aromatic carbocycles. The fourth-order valence-corrected chi connectivity index (χ4v) is 2.07. The Balaban J connectivity index is 2.21. The molecule has 1 N–H and O–H groups in total. The second-order valence-corrected chi connectivity index (χ2v) is 4.65. The Morgan fingerprint density at radius 2 is 2.05 bits per heavy atom. The van der Waals surface area contributed by atoms with Gasteiger partial charge in [-0.2, -0.15) is 0 Å². The number of hydrogen-bond donors (Lipinski definition) is 1. The maximum absolute atomic E-state index is 5.64. The summed E-state index contributed by atoms with van der Waals surface area (Å²) in [6.07, 6.45) is 1.13. The van der Waals surface area contributed by atoms with E-state index in [-0.39, 0.29) is 0 Å². The number of para-hydroxylation sites is 1. The molecule has 0 spiro atoms. The van der Waals surface area contributed by atoms with Crippen LogP contribution in [0.5, 0.6) is 5.88 Å². The molecule has 2 aromatic rings. The summed E-state index contributed by atoms with van der Waals surface area (Å²) >= 11 is 0. The number of hydrogen-bond acceptors (Lipinski definition) is 4. The summed E-state index contributed by atoms with van der Waals surface area (Å²) in [6, 6.07) is 10.2. The zero-order valence-electron chi connectivity index (χ0n) is 12.2. The van der Waals surface area contributed by atoms with Gasteiger partial charge >= 0.3 is 0 Å². The fourth-order valence-electron chi connectivity index (χ4n) is 2.07. The smallest absolute Gasteiger partial charge is 0.214 e. The molecule has 0 amide bonds. The van der Waals surface area contributed by atoms with Crippen LogP contribution in [0.2, 0.25) is 0 Å². The van der Waals surface area contributed by atoms with Crippen molar-refractivity contribution in [1.29, 1.82) is 0 Å². The number of rotatable bonds is 8. The van der Waals surface area contributed by atoms with Crippen LogP contribution < -0.4 is 10.1 Å². The van der Waals surface area contributed by atoms with Crippen molar-refractivity contribution in [2.75, 3.05) is 26.9 Å². The molecular formula is C16H22N2O2. The first-order chi connectivity index (χ1) is 9.85. The molecule has 0 radical (unpaired) electrons.